The Balaban J connectivity index is 4.05. The molecular weight excluding hydrogens is 1020 g/mol. The first kappa shape index (κ1) is 79.2. The number of carbonyl (C=O) groups excluding carboxylic acids is 1. The summed E-state index contributed by atoms with van der Waals surface area (Å²) in [5.41, 5.74) is 0. The lowest BCUT2D eigenvalue weighted by Gasteiger charge is -2.25. The van der Waals surface area contributed by atoms with Crippen LogP contribution in [0, 0.1) is 0 Å². The van der Waals surface area contributed by atoms with Crippen LogP contribution in [0.25, 0.3) is 0 Å². The highest BCUT2D eigenvalue weighted by Gasteiger charge is 2.28. The van der Waals surface area contributed by atoms with Crippen molar-refractivity contribution in [1.82, 2.24) is 5.32 Å². The molecule has 0 spiro atoms. The molecule has 0 aromatic heterocycles. The number of allylic oxidation sites excluding steroid dienone is 9. The lowest BCUT2D eigenvalue weighted by Crippen LogP contribution is -2.45. The molecule has 0 radical (unpaired) electrons. The van der Waals surface area contributed by atoms with E-state index in [2.05, 4.69) is 67.8 Å². The molecule has 0 saturated heterocycles. The highest BCUT2D eigenvalue weighted by atomic mass is 31.2. The zero-order valence-corrected chi connectivity index (χ0v) is 55.4. The summed E-state index contributed by atoms with van der Waals surface area (Å²) in [5.74, 6) is -0.182. The first-order valence-corrected chi connectivity index (χ1v) is 36.7. The van der Waals surface area contributed by atoms with Gasteiger partial charge in [-0.1, -0.05) is 325 Å². The van der Waals surface area contributed by atoms with Crippen LogP contribution in [0.4, 0.5) is 0 Å². The standard InChI is InChI=1S/C72H137N2O6P/c1-6-8-10-12-14-16-18-20-22-24-26-28-30-32-33-34-35-36-37-38-39-40-41-42-44-46-48-50-52-54-56-58-60-62-64-66-72(76)73-70(69-80-81(77,78)79-68-67-74(3,4)5)71(75)65-63-61-59-57-55-53-51-49-47-45-43-31-29-27-25-23-21-19-17-15-13-11-9-7-2/h18,20,24,26,30,32,55,57,63,65,70-71,75H,6-17,19,21-23,25,27-29,31,33-54,56,58-62,64,66-69H2,1-5H3,(H-,73,76,77,78)/p+1/b20-18-,26-24-,32-30-,57-55+,65-63+. The molecule has 81 heavy (non-hydrogen) atoms. The van der Waals surface area contributed by atoms with Gasteiger partial charge in [0.25, 0.3) is 0 Å². The van der Waals surface area contributed by atoms with Gasteiger partial charge >= 0.3 is 7.82 Å². The lowest BCUT2D eigenvalue weighted by atomic mass is 10.0. The SMILES string of the molecule is CCCCCCC/C=C\C/C=C\C/C=C\CCCCCCCCCCCCCCCCCCCCCCC(=O)NC(COP(=O)(O)OCC[N+](C)(C)C)C(O)/C=C/CC/C=C/CCCCCCCCCCCCCCCCCCCC. The average Bonchev–Trinajstić information content (AvgIpc) is 3.43. The van der Waals surface area contributed by atoms with Crippen LogP contribution in [0.3, 0.4) is 0 Å². The Kier molecular flexibility index (Phi) is 61.3. The summed E-state index contributed by atoms with van der Waals surface area (Å²) in [7, 11) is 1.57. The molecule has 0 aliphatic heterocycles. The first-order valence-electron chi connectivity index (χ1n) is 35.2. The van der Waals surface area contributed by atoms with Crippen LogP contribution in [-0.2, 0) is 18.4 Å². The Hall–Kier alpha value is -1.80. The second kappa shape index (κ2) is 62.7. The summed E-state index contributed by atoms with van der Waals surface area (Å²) < 4.78 is 23.8. The van der Waals surface area contributed by atoms with E-state index in [1.54, 1.807) is 6.08 Å². The molecule has 3 unspecified atom stereocenters. The number of likely N-dealkylation sites (N-methyl/N-ethyl adjacent to an activating group) is 1. The fourth-order valence-corrected chi connectivity index (χ4v) is 11.2. The fraction of sp³-hybridized carbons (Fsp3) is 0.847. The maximum atomic E-state index is 13.0. The molecule has 3 atom stereocenters. The number of unbranched alkanes of at least 4 members (excludes halogenated alkanes) is 44. The Morgan fingerprint density at radius 2 is 0.716 bits per heavy atom. The van der Waals surface area contributed by atoms with Gasteiger partial charge in [-0.25, -0.2) is 4.57 Å². The van der Waals surface area contributed by atoms with Gasteiger partial charge < -0.3 is 19.8 Å². The van der Waals surface area contributed by atoms with E-state index in [1.165, 1.54) is 270 Å². The molecule has 0 aromatic rings. The predicted molar refractivity (Wildman–Crippen MR) is 355 cm³/mol. The van der Waals surface area contributed by atoms with Gasteiger partial charge in [0.05, 0.1) is 39.9 Å². The van der Waals surface area contributed by atoms with E-state index < -0.39 is 20.0 Å². The van der Waals surface area contributed by atoms with Crippen molar-refractivity contribution in [3.8, 4) is 0 Å². The van der Waals surface area contributed by atoms with E-state index in [4.69, 9.17) is 9.05 Å². The largest absolute Gasteiger partial charge is 0.472 e. The third kappa shape index (κ3) is 65.6. The van der Waals surface area contributed by atoms with Crippen molar-refractivity contribution in [1.29, 1.82) is 0 Å². The molecule has 0 aromatic carbocycles. The zero-order valence-electron chi connectivity index (χ0n) is 54.5. The number of hydrogen-bond acceptors (Lipinski definition) is 5. The molecule has 8 nitrogen and oxygen atoms in total. The molecular formula is C72H138N2O6P+. The molecule has 0 aliphatic carbocycles. The van der Waals surface area contributed by atoms with Crippen LogP contribution in [0.2, 0.25) is 0 Å². The van der Waals surface area contributed by atoms with E-state index in [0.29, 0.717) is 17.4 Å². The molecule has 476 valence electrons. The molecule has 0 aliphatic rings. The number of nitrogens with zero attached hydrogens (tertiary/aromatic N) is 1. The third-order valence-electron chi connectivity index (χ3n) is 16.0. The van der Waals surface area contributed by atoms with Gasteiger partial charge in [-0.3, -0.25) is 13.8 Å². The minimum Gasteiger partial charge on any atom is -0.387 e. The van der Waals surface area contributed by atoms with Crippen molar-refractivity contribution in [3.63, 3.8) is 0 Å². The summed E-state index contributed by atoms with van der Waals surface area (Å²) in [5, 5.41) is 14.0. The molecule has 0 saturated carbocycles. The van der Waals surface area contributed by atoms with Crippen molar-refractivity contribution >= 4 is 13.7 Å². The third-order valence-corrected chi connectivity index (χ3v) is 16.9. The summed E-state index contributed by atoms with van der Waals surface area (Å²) in [6, 6.07) is -0.865. The topological polar surface area (TPSA) is 105 Å². The van der Waals surface area contributed by atoms with Gasteiger partial charge in [-0.2, -0.15) is 0 Å². The van der Waals surface area contributed by atoms with Crippen LogP contribution >= 0.6 is 7.82 Å². The Morgan fingerprint density at radius 1 is 0.420 bits per heavy atom. The zero-order chi connectivity index (χ0) is 59.1. The number of quaternary nitrogens is 1. The predicted octanol–water partition coefficient (Wildman–Crippen LogP) is 22.4. The Bertz CT molecular complexity index is 1500. The van der Waals surface area contributed by atoms with Gasteiger partial charge in [0.1, 0.15) is 13.2 Å². The number of aliphatic hydroxyl groups excluding tert-OH is 1. The maximum absolute atomic E-state index is 13.0. The number of nitrogens with one attached hydrogen (secondary N) is 1. The Morgan fingerprint density at radius 3 is 1.07 bits per heavy atom. The monoisotopic (exact) mass is 1160 g/mol. The fourth-order valence-electron chi connectivity index (χ4n) is 10.5. The molecule has 0 rings (SSSR count). The van der Waals surface area contributed by atoms with Crippen molar-refractivity contribution in [2.75, 3.05) is 40.9 Å². The van der Waals surface area contributed by atoms with Crippen LogP contribution < -0.4 is 5.32 Å². The van der Waals surface area contributed by atoms with Gasteiger partial charge in [-0.05, 0) is 70.6 Å². The van der Waals surface area contributed by atoms with Crippen LogP contribution in [0.5, 0.6) is 0 Å². The minimum absolute atomic E-state index is 0.0565. The van der Waals surface area contributed by atoms with Gasteiger partial charge in [0, 0.05) is 6.42 Å². The minimum atomic E-state index is -4.36. The van der Waals surface area contributed by atoms with E-state index in [0.717, 1.165) is 51.4 Å². The number of rotatable bonds is 65. The van der Waals surface area contributed by atoms with Crippen LogP contribution in [0.1, 0.15) is 341 Å². The number of aliphatic hydroxyl groups is 1. The molecule has 0 fully saturated rings. The number of hydrogen-bond donors (Lipinski definition) is 3. The van der Waals surface area contributed by atoms with E-state index in [1.807, 2.05) is 27.2 Å². The second-order valence-corrected chi connectivity index (χ2v) is 26.7. The van der Waals surface area contributed by atoms with E-state index in [9.17, 15) is 19.4 Å². The van der Waals surface area contributed by atoms with Crippen molar-refractivity contribution in [2.45, 2.75) is 353 Å². The summed E-state index contributed by atoms with van der Waals surface area (Å²) in [4.78, 5) is 23.4. The normalized spacial score (nSPS) is 14.0. The first-order chi connectivity index (χ1) is 39.5. The second-order valence-electron chi connectivity index (χ2n) is 25.3. The van der Waals surface area contributed by atoms with Crippen molar-refractivity contribution < 1.29 is 32.9 Å². The van der Waals surface area contributed by atoms with Gasteiger partial charge in [0.15, 0.2) is 0 Å². The molecule has 0 bridgehead atoms. The number of amides is 1. The number of phosphoric ester groups is 1. The average molecular weight is 1160 g/mol. The summed E-state index contributed by atoms with van der Waals surface area (Å²) >= 11 is 0. The molecule has 9 heteroatoms. The number of phosphoric acid groups is 1. The van der Waals surface area contributed by atoms with E-state index in [-0.39, 0.29) is 19.1 Å². The smallest absolute Gasteiger partial charge is 0.387 e. The maximum Gasteiger partial charge on any atom is 0.472 e. The Labute approximate surface area is 504 Å². The van der Waals surface area contributed by atoms with Crippen molar-refractivity contribution in [2.24, 2.45) is 0 Å². The van der Waals surface area contributed by atoms with Crippen LogP contribution in [0.15, 0.2) is 60.8 Å². The highest BCUT2D eigenvalue weighted by molar-refractivity contribution is 7.47. The van der Waals surface area contributed by atoms with E-state index >= 15 is 0 Å². The van der Waals surface area contributed by atoms with Crippen LogP contribution in [-0.4, -0.2) is 73.4 Å². The molecule has 1 amide bonds. The number of carbonyl (C=O) groups is 1. The highest BCUT2D eigenvalue weighted by Crippen LogP contribution is 2.43. The summed E-state index contributed by atoms with van der Waals surface area (Å²) in [6.45, 7) is 4.83. The van der Waals surface area contributed by atoms with Gasteiger partial charge in [-0.15, -0.1) is 0 Å². The van der Waals surface area contributed by atoms with Crippen molar-refractivity contribution in [3.05, 3.63) is 60.8 Å². The van der Waals surface area contributed by atoms with Gasteiger partial charge in [0.2, 0.25) is 5.91 Å². The molecule has 0 heterocycles. The molecule has 3 N–H and O–H groups in total. The lowest BCUT2D eigenvalue weighted by molar-refractivity contribution is -0.870. The quantitative estimate of drug-likeness (QED) is 0.0243. The summed E-state index contributed by atoms with van der Waals surface area (Å²) in [6.07, 6.45) is 86.6.